The Hall–Kier alpha value is -3.70. The van der Waals surface area contributed by atoms with E-state index in [-0.39, 0.29) is 26.2 Å². The molecule has 0 aromatic carbocycles. The van der Waals surface area contributed by atoms with Gasteiger partial charge in [0.15, 0.2) is 0 Å². The van der Waals surface area contributed by atoms with Gasteiger partial charge in [-0.2, -0.15) is 0 Å². The van der Waals surface area contributed by atoms with E-state index in [1.807, 2.05) is 4.90 Å². The molecule has 0 amide bonds. The van der Waals surface area contributed by atoms with E-state index >= 15 is 0 Å². The maximum atomic E-state index is 11.5. The number of aromatic nitrogens is 1. The Morgan fingerprint density at radius 1 is 0.585 bits per heavy atom. The molecule has 0 unspecified atom stereocenters. The van der Waals surface area contributed by atoms with Crippen LogP contribution in [0.4, 0.5) is 0 Å². The molecule has 5 N–H and O–H groups in total. The average molecular weight is 583 g/mol. The lowest BCUT2D eigenvalue weighted by molar-refractivity contribution is -0.142. The molecule has 41 heavy (non-hydrogen) atoms. The first kappa shape index (κ1) is 33.5. The van der Waals surface area contributed by atoms with Gasteiger partial charge in [0.1, 0.15) is 0 Å². The molecule has 0 bridgehead atoms. The summed E-state index contributed by atoms with van der Waals surface area (Å²) in [5, 5.41) is 46.3. The molecule has 1 aromatic heterocycles. The molecule has 1 fully saturated rings. The Kier molecular flexibility index (Phi) is 14.0. The number of hydrogen-bond donors (Lipinski definition) is 5. The number of carboxylic acid groups (broad SMARTS) is 5. The molecule has 228 valence electrons. The minimum absolute atomic E-state index is 0.0120. The number of carbonyl (C=O) groups is 5. The summed E-state index contributed by atoms with van der Waals surface area (Å²) in [6.45, 7) is 1.49. The first-order chi connectivity index (χ1) is 19.4. The Balaban J connectivity index is 2.21. The Labute approximate surface area is 237 Å². The van der Waals surface area contributed by atoms with Crippen LogP contribution in [0.2, 0.25) is 0 Å². The van der Waals surface area contributed by atoms with Gasteiger partial charge >= 0.3 is 29.8 Å². The Bertz CT molecular complexity index is 1010. The van der Waals surface area contributed by atoms with Crippen molar-refractivity contribution in [2.24, 2.45) is 0 Å². The first-order valence-corrected chi connectivity index (χ1v) is 13.0. The van der Waals surface area contributed by atoms with E-state index in [1.54, 1.807) is 32.9 Å². The molecule has 16 nitrogen and oxygen atoms in total. The van der Waals surface area contributed by atoms with Crippen LogP contribution in [-0.4, -0.2) is 170 Å². The van der Waals surface area contributed by atoms with Gasteiger partial charge in [-0.3, -0.25) is 53.5 Å². The molecule has 0 radical (unpaired) electrons. The molecule has 1 aromatic rings. The average Bonchev–Trinajstić information content (AvgIpc) is 2.84. The van der Waals surface area contributed by atoms with Gasteiger partial charge in [0.2, 0.25) is 0 Å². The second kappa shape index (κ2) is 17.2. The number of carboxylic acids is 5. The van der Waals surface area contributed by atoms with Gasteiger partial charge in [0.05, 0.1) is 44.1 Å². The SMILES string of the molecule is O=C(O)CN1CCN(CC(=O)O)CCN(Cc2cccc(CN(CC(=O)O)CC(=O)O)n2)CCN(CC(=O)O)CC1. The van der Waals surface area contributed by atoms with E-state index in [2.05, 4.69) is 4.98 Å². The molecule has 1 aliphatic rings. The van der Waals surface area contributed by atoms with Crippen LogP contribution >= 0.6 is 0 Å². The molecular weight excluding hydrogens is 544 g/mol. The van der Waals surface area contributed by atoms with Crippen LogP contribution in [0.25, 0.3) is 0 Å². The molecular formula is C25H38N6O10. The van der Waals surface area contributed by atoms with Crippen molar-refractivity contribution in [3.05, 3.63) is 29.6 Å². The van der Waals surface area contributed by atoms with E-state index < -0.39 is 42.9 Å². The maximum absolute atomic E-state index is 11.5. The number of nitrogens with zero attached hydrogens (tertiary/aromatic N) is 6. The summed E-state index contributed by atoms with van der Waals surface area (Å²) < 4.78 is 0. The maximum Gasteiger partial charge on any atom is 0.317 e. The van der Waals surface area contributed by atoms with Crippen LogP contribution < -0.4 is 0 Å². The van der Waals surface area contributed by atoms with Gasteiger partial charge in [-0.1, -0.05) is 6.07 Å². The third-order valence-electron chi connectivity index (χ3n) is 6.36. The van der Waals surface area contributed by atoms with Crippen molar-refractivity contribution in [2.45, 2.75) is 13.1 Å². The summed E-state index contributed by atoms with van der Waals surface area (Å²) in [7, 11) is 0. The standard InChI is InChI=1S/C25H38N6O10/c32-21(33)14-28-6-4-27(5-7-29(15-22(34)35)9-11-30(10-8-28)16-23(36)37)12-19-2-1-3-20(26-19)13-31(17-24(38)39)18-25(40)41/h1-3H,4-18H2,(H,32,33)(H,34,35)(H,36,37)(H,38,39)(H,40,41). The van der Waals surface area contributed by atoms with Crippen molar-refractivity contribution < 1.29 is 49.5 Å². The molecule has 1 saturated heterocycles. The van der Waals surface area contributed by atoms with Crippen LogP contribution in [0.1, 0.15) is 11.4 Å². The molecule has 0 spiro atoms. The van der Waals surface area contributed by atoms with Gasteiger partial charge in [0.25, 0.3) is 0 Å². The summed E-state index contributed by atoms with van der Waals surface area (Å²) in [5.41, 5.74) is 1.11. The second-order valence-electron chi connectivity index (χ2n) is 9.84. The van der Waals surface area contributed by atoms with Gasteiger partial charge in [-0.15, -0.1) is 0 Å². The number of hydrogen-bond acceptors (Lipinski definition) is 11. The van der Waals surface area contributed by atoms with E-state index in [1.165, 1.54) is 4.90 Å². The Morgan fingerprint density at radius 2 is 0.951 bits per heavy atom. The largest absolute Gasteiger partial charge is 0.480 e. The smallest absolute Gasteiger partial charge is 0.317 e. The van der Waals surface area contributed by atoms with Gasteiger partial charge in [0, 0.05) is 65.4 Å². The predicted octanol–water partition coefficient (Wildman–Crippen LogP) is -1.97. The van der Waals surface area contributed by atoms with Crippen molar-refractivity contribution in [1.82, 2.24) is 29.5 Å². The second-order valence-corrected chi connectivity index (χ2v) is 9.84. The van der Waals surface area contributed by atoms with Crippen molar-refractivity contribution in [2.75, 3.05) is 85.1 Å². The van der Waals surface area contributed by atoms with Crippen molar-refractivity contribution in [3.8, 4) is 0 Å². The topological polar surface area (TPSA) is 216 Å². The van der Waals surface area contributed by atoms with E-state index in [0.29, 0.717) is 70.3 Å². The molecule has 0 saturated carbocycles. The molecule has 0 aliphatic carbocycles. The lowest BCUT2D eigenvalue weighted by atomic mass is 10.2. The van der Waals surface area contributed by atoms with Crippen LogP contribution in [0.5, 0.6) is 0 Å². The summed E-state index contributed by atoms with van der Waals surface area (Å²) in [4.78, 5) is 69.5. The molecule has 0 atom stereocenters. The quantitative estimate of drug-likeness (QED) is 0.161. The van der Waals surface area contributed by atoms with Crippen LogP contribution in [0, 0.1) is 0 Å². The third kappa shape index (κ3) is 14.5. The number of rotatable bonds is 14. The third-order valence-corrected chi connectivity index (χ3v) is 6.36. The molecule has 2 rings (SSSR count). The predicted molar refractivity (Wildman–Crippen MR) is 142 cm³/mol. The van der Waals surface area contributed by atoms with Crippen molar-refractivity contribution >= 4 is 29.8 Å². The lowest BCUT2D eigenvalue weighted by Gasteiger charge is -2.33. The number of pyridine rings is 1. The van der Waals surface area contributed by atoms with E-state index in [4.69, 9.17) is 10.2 Å². The summed E-state index contributed by atoms with van der Waals surface area (Å²) >= 11 is 0. The zero-order valence-electron chi connectivity index (χ0n) is 22.8. The minimum atomic E-state index is -1.16. The van der Waals surface area contributed by atoms with Crippen molar-refractivity contribution in [1.29, 1.82) is 0 Å². The normalized spacial score (nSPS) is 17.0. The first-order valence-electron chi connectivity index (χ1n) is 13.0. The summed E-state index contributed by atoms with van der Waals surface area (Å²) in [5.74, 6) is -5.37. The molecule has 2 heterocycles. The van der Waals surface area contributed by atoms with E-state index in [0.717, 1.165) is 0 Å². The lowest BCUT2D eigenvalue weighted by Crippen LogP contribution is -2.48. The fourth-order valence-electron chi connectivity index (χ4n) is 4.50. The summed E-state index contributed by atoms with van der Waals surface area (Å²) in [6, 6.07) is 5.17. The van der Waals surface area contributed by atoms with Crippen LogP contribution in [0.3, 0.4) is 0 Å². The zero-order valence-corrected chi connectivity index (χ0v) is 22.8. The zero-order chi connectivity index (χ0) is 30.4. The fraction of sp³-hybridized carbons (Fsp3) is 0.600. The highest BCUT2D eigenvalue weighted by molar-refractivity contribution is 5.72. The monoisotopic (exact) mass is 582 g/mol. The highest BCUT2D eigenvalue weighted by atomic mass is 16.4. The fourth-order valence-corrected chi connectivity index (χ4v) is 4.50. The van der Waals surface area contributed by atoms with Gasteiger partial charge in [-0.05, 0) is 12.1 Å². The van der Waals surface area contributed by atoms with Gasteiger partial charge < -0.3 is 25.5 Å². The van der Waals surface area contributed by atoms with E-state index in [9.17, 15) is 39.3 Å². The highest BCUT2D eigenvalue weighted by Crippen LogP contribution is 2.09. The molecule has 1 aliphatic heterocycles. The highest BCUT2D eigenvalue weighted by Gasteiger charge is 2.21. The Morgan fingerprint density at radius 3 is 1.32 bits per heavy atom. The minimum Gasteiger partial charge on any atom is -0.480 e. The number of aliphatic carboxylic acids is 5. The van der Waals surface area contributed by atoms with Gasteiger partial charge in [-0.25, -0.2) is 0 Å². The summed E-state index contributed by atoms with van der Waals surface area (Å²) in [6.07, 6.45) is 0. The molecule has 16 heteroatoms. The van der Waals surface area contributed by atoms with Crippen LogP contribution in [-0.2, 0) is 37.1 Å². The van der Waals surface area contributed by atoms with Crippen molar-refractivity contribution in [3.63, 3.8) is 0 Å². The van der Waals surface area contributed by atoms with Crippen LogP contribution in [0.15, 0.2) is 18.2 Å².